The van der Waals surface area contributed by atoms with E-state index >= 15 is 0 Å². The number of esters is 1. The largest absolute Gasteiger partial charge is 0.465 e. The standard InChI is InChI=1S/C18H13NO5/c1-23-18(22)11-5-4-6-12(9-11)19-17(21)16-10-14(20)13-7-2-3-8-15(13)24-16/h2-10H,1H3,(H,19,21). The molecule has 0 unspecified atom stereocenters. The Kier molecular flexibility index (Phi) is 4.11. The van der Waals surface area contributed by atoms with Crippen molar-refractivity contribution in [3.8, 4) is 0 Å². The van der Waals surface area contributed by atoms with Gasteiger partial charge >= 0.3 is 5.97 Å². The Morgan fingerprint density at radius 2 is 1.83 bits per heavy atom. The molecule has 0 saturated heterocycles. The van der Waals surface area contributed by atoms with Crippen LogP contribution in [0.3, 0.4) is 0 Å². The summed E-state index contributed by atoms with van der Waals surface area (Å²) >= 11 is 0. The quantitative estimate of drug-likeness (QED) is 0.749. The van der Waals surface area contributed by atoms with E-state index in [-0.39, 0.29) is 11.2 Å². The number of methoxy groups -OCH3 is 1. The number of nitrogens with one attached hydrogen (secondary N) is 1. The zero-order valence-corrected chi connectivity index (χ0v) is 12.7. The van der Waals surface area contributed by atoms with Crippen molar-refractivity contribution in [2.24, 2.45) is 0 Å². The third kappa shape index (κ3) is 3.03. The molecular formula is C18H13NO5. The van der Waals surface area contributed by atoms with E-state index < -0.39 is 11.9 Å². The molecule has 3 aromatic rings. The van der Waals surface area contributed by atoms with E-state index in [1.165, 1.54) is 13.2 Å². The van der Waals surface area contributed by atoms with Crippen molar-refractivity contribution in [3.63, 3.8) is 0 Å². The van der Waals surface area contributed by atoms with Crippen LogP contribution in [-0.2, 0) is 4.74 Å². The van der Waals surface area contributed by atoms with Gasteiger partial charge in [0.25, 0.3) is 5.91 Å². The lowest BCUT2D eigenvalue weighted by molar-refractivity contribution is 0.0600. The number of ether oxygens (including phenoxy) is 1. The lowest BCUT2D eigenvalue weighted by atomic mass is 10.2. The summed E-state index contributed by atoms with van der Waals surface area (Å²) < 4.78 is 10.1. The number of anilines is 1. The number of rotatable bonds is 3. The Labute approximate surface area is 136 Å². The van der Waals surface area contributed by atoms with E-state index in [1.54, 1.807) is 42.5 Å². The van der Waals surface area contributed by atoms with Crippen molar-refractivity contribution in [2.75, 3.05) is 12.4 Å². The Hall–Kier alpha value is -3.41. The summed E-state index contributed by atoms with van der Waals surface area (Å²) in [5.41, 5.74) is 0.720. The van der Waals surface area contributed by atoms with Crippen molar-refractivity contribution in [2.45, 2.75) is 0 Å². The number of carbonyl (C=O) groups is 2. The molecule has 0 saturated carbocycles. The predicted octanol–water partition coefficient (Wildman–Crippen LogP) is 2.83. The fraction of sp³-hybridized carbons (Fsp3) is 0.0556. The summed E-state index contributed by atoms with van der Waals surface area (Å²) in [5.74, 6) is -1.20. The number of hydrogen-bond donors (Lipinski definition) is 1. The summed E-state index contributed by atoms with van der Waals surface area (Å²) in [6.45, 7) is 0. The summed E-state index contributed by atoms with van der Waals surface area (Å²) in [4.78, 5) is 35.9. The average Bonchev–Trinajstić information content (AvgIpc) is 2.61. The zero-order chi connectivity index (χ0) is 17.1. The van der Waals surface area contributed by atoms with E-state index in [2.05, 4.69) is 10.1 Å². The van der Waals surface area contributed by atoms with Gasteiger partial charge < -0.3 is 14.5 Å². The van der Waals surface area contributed by atoms with Crippen LogP contribution in [0.1, 0.15) is 20.9 Å². The highest BCUT2D eigenvalue weighted by molar-refractivity contribution is 6.03. The van der Waals surface area contributed by atoms with Crippen molar-refractivity contribution in [1.29, 1.82) is 0 Å². The monoisotopic (exact) mass is 323 g/mol. The van der Waals surface area contributed by atoms with Crippen molar-refractivity contribution >= 4 is 28.5 Å². The molecule has 0 spiro atoms. The molecule has 24 heavy (non-hydrogen) atoms. The third-order valence-electron chi connectivity index (χ3n) is 3.40. The molecule has 3 rings (SSSR count). The zero-order valence-electron chi connectivity index (χ0n) is 12.7. The van der Waals surface area contributed by atoms with Crippen LogP contribution in [0, 0.1) is 0 Å². The van der Waals surface area contributed by atoms with Gasteiger partial charge in [-0.2, -0.15) is 0 Å². The molecule has 2 aromatic carbocycles. The average molecular weight is 323 g/mol. The third-order valence-corrected chi connectivity index (χ3v) is 3.40. The maximum absolute atomic E-state index is 12.3. The van der Waals surface area contributed by atoms with Crippen molar-refractivity contribution < 1.29 is 18.7 Å². The van der Waals surface area contributed by atoms with Gasteiger partial charge in [-0.1, -0.05) is 18.2 Å². The Bertz CT molecular complexity index is 990. The first kappa shape index (κ1) is 15.5. The first-order valence-corrected chi connectivity index (χ1v) is 7.11. The van der Waals surface area contributed by atoms with Gasteiger partial charge in [0.1, 0.15) is 5.58 Å². The molecule has 6 nitrogen and oxygen atoms in total. The normalized spacial score (nSPS) is 10.4. The van der Waals surface area contributed by atoms with Crippen LogP contribution in [0.4, 0.5) is 5.69 Å². The molecule has 0 aliphatic rings. The van der Waals surface area contributed by atoms with Crippen LogP contribution in [-0.4, -0.2) is 19.0 Å². The van der Waals surface area contributed by atoms with Gasteiger partial charge in [-0.05, 0) is 30.3 Å². The molecule has 0 bridgehead atoms. The van der Waals surface area contributed by atoms with Crippen molar-refractivity contribution in [3.05, 3.63) is 76.1 Å². The van der Waals surface area contributed by atoms with Gasteiger partial charge in [0.05, 0.1) is 18.1 Å². The molecule has 6 heteroatoms. The van der Waals surface area contributed by atoms with E-state index in [0.717, 1.165) is 6.07 Å². The molecular weight excluding hydrogens is 310 g/mol. The van der Waals surface area contributed by atoms with Crippen LogP contribution in [0.2, 0.25) is 0 Å². The number of carbonyl (C=O) groups excluding carboxylic acids is 2. The molecule has 0 radical (unpaired) electrons. The first-order valence-electron chi connectivity index (χ1n) is 7.11. The SMILES string of the molecule is COC(=O)c1cccc(NC(=O)c2cc(=O)c3ccccc3o2)c1. The number of amides is 1. The lowest BCUT2D eigenvalue weighted by Crippen LogP contribution is -2.15. The molecule has 1 N–H and O–H groups in total. The van der Waals surface area contributed by atoms with Gasteiger partial charge in [-0.15, -0.1) is 0 Å². The predicted molar refractivity (Wildman–Crippen MR) is 88.2 cm³/mol. The molecule has 0 fully saturated rings. The second-order valence-electron chi connectivity index (χ2n) is 5.00. The van der Waals surface area contributed by atoms with E-state index in [0.29, 0.717) is 22.2 Å². The van der Waals surface area contributed by atoms with Crippen LogP contribution >= 0.6 is 0 Å². The van der Waals surface area contributed by atoms with Crippen molar-refractivity contribution in [1.82, 2.24) is 0 Å². The molecule has 0 aliphatic heterocycles. The molecule has 1 heterocycles. The van der Waals surface area contributed by atoms with Crippen LogP contribution < -0.4 is 10.7 Å². The summed E-state index contributed by atoms with van der Waals surface area (Å²) in [6, 6.07) is 14.1. The van der Waals surface area contributed by atoms with E-state index in [4.69, 9.17) is 4.42 Å². The minimum atomic E-state index is -0.583. The molecule has 0 aliphatic carbocycles. The van der Waals surface area contributed by atoms with Gasteiger partial charge in [-0.25, -0.2) is 4.79 Å². The lowest BCUT2D eigenvalue weighted by Gasteiger charge is -2.07. The maximum Gasteiger partial charge on any atom is 0.337 e. The Morgan fingerprint density at radius 3 is 2.62 bits per heavy atom. The van der Waals surface area contributed by atoms with Crippen LogP contribution in [0.15, 0.2) is 63.8 Å². The highest BCUT2D eigenvalue weighted by atomic mass is 16.5. The van der Waals surface area contributed by atoms with Gasteiger partial charge in [0.15, 0.2) is 11.2 Å². The number of hydrogen-bond acceptors (Lipinski definition) is 5. The number of fused-ring (bicyclic) bond motifs is 1. The minimum Gasteiger partial charge on any atom is -0.465 e. The molecule has 1 amide bonds. The van der Waals surface area contributed by atoms with E-state index in [1.807, 2.05) is 0 Å². The Morgan fingerprint density at radius 1 is 1.04 bits per heavy atom. The summed E-state index contributed by atoms with van der Waals surface area (Å²) in [7, 11) is 1.28. The van der Waals surface area contributed by atoms with Gasteiger partial charge in [0.2, 0.25) is 0 Å². The minimum absolute atomic E-state index is 0.109. The fourth-order valence-corrected chi connectivity index (χ4v) is 2.25. The van der Waals surface area contributed by atoms with Crippen LogP contribution in [0.5, 0.6) is 0 Å². The highest BCUT2D eigenvalue weighted by Crippen LogP contribution is 2.15. The smallest absolute Gasteiger partial charge is 0.337 e. The fourth-order valence-electron chi connectivity index (χ4n) is 2.25. The highest BCUT2D eigenvalue weighted by Gasteiger charge is 2.13. The number of para-hydroxylation sites is 1. The number of benzene rings is 2. The first-order chi connectivity index (χ1) is 11.6. The summed E-state index contributed by atoms with van der Waals surface area (Å²) in [6.07, 6.45) is 0. The van der Waals surface area contributed by atoms with E-state index in [9.17, 15) is 14.4 Å². The molecule has 120 valence electrons. The van der Waals surface area contributed by atoms with Gasteiger partial charge in [0, 0.05) is 11.8 Å². The second kappa shape index (κ2) is 6.37. The molecule has 1 aromatic heterocycles. The van der Waals surface area contributed by atoms with Crippen LogP contribution in [0.25, 0.3) is 11.0 Å². The van der Waals surface area contributed by atoms with Gasteiger partial charge in [-0.3, -0.25) is 9.59 Å². The second-order valence-corrected chi connectivity index (χ2v) is 5.00. The molecule has 0 atom stereocenters. The topological polar surface area (TPSA) is 85.6 Å². The maximum atomic E-state index is 12.3. The Balaban J connectivity index is 1.90. The summed E-state index contributed by atoms with van der Waals surface area (Å²) in [5, 5.41) is 2.99.